The third-order valence-electron chi connectivity index (χ3n) is 2.41. The molecule has 15 heavy (non-hydrogen) atoms. The number of hydrogen-bond acceptors (Lipinski definition) is 4. The number of esters is 1. The first-order chi connectivity index (χ1) is 7.22. The Bertz CT molecular complexity index is 386. The van der Waals surface area contributed by atoms with Crippen LogP contribution in [0.3, 0.4) is 0 Å². The highest BCUT2D eigenvalue weighted by Gasteiger charge is 2.26. The molecule has 80 valence electrons. The Morgan fingerprint density at radius 2 is 2.33 bits per heavy atom. The van der Waals surface area contributed by atoms with Crippen molar-refractivity contribution < 1.29 is 9.53 Å². The average molecular weight is 206 g/mol. The van der Waals surface area contributed by atoms with E-state index in [9.17, 15) is 4.79 Å². The molecule has 1 saturated carbocycles. The summed E-state index contributed by atoms with van der Waals surface area (Å²) in [6, 6.07) is 3.61. The lowest BCUT2D eigenvalue weighted by molar-refractivity contribution is 0.0520. The van der Waals surface area contributed by atoms with Gasteiger partial charge in [-0.05, 0) is 31.9 Å². The van der Waals surface area contributed by atoms with E-state index in [1.807, 2.05) is 6.07 Å². The zero-order valence-corrected chi connectivity index (χ0v) is 8.69. The summed E-state index contributed by atoms with van der Waals surface area (Å²) < 4.78 is 4.88. The van der Waals surface area contributed by atoms with Crippen LogP contribution in [-0.2, 0) is 4.74 Å². The third-order valence-corrected chi connectivity index (χ3v) is 2.41. The quantitative estimate of drug-likeness (QED) is 0.765. The van der Waals surface area contributed by atoms with E-state index < -0.39 is 5.97 Å². The molecule has 0 aromatic carbocycles. The van der Waals surface area contributed by atoms with Crippen molar-refractivity contribution in [1.29, 1.82) is 0 Å². The minimum Gasteiger partial charge on any atom is -0.461 e. The Hall–Kier alpha value is -1.58. The van der Waals surface area contributed by atoms with Crippen molar-refractivity contribution in [2.45, 2.75) is 25.7 Å². The summed E-state index contributed by atoms with van der Waals surface area (Å²) in [5, 5.41) is 0. The predicted molar refractivity (Wildman–Crippen MR) is 56.6 cm³/mol. The number of aromatic nitrogens is 1. The molecule has 2 rings (SSSR count). The van der Waals surface area contributed by atoms with Crippen molar-refractivity contribution in [2.24, 2.45) is 0 Å². The number of carbonyl (C=O) groups is 1. The van der Waals surface area contributed by atoms with Gasteiger partial charge in [0, 0.05) is 11.6 Å². The molecule has 0 radical (unpaired) electrons. The number of ether oxygens (including phenoxy) is 1. The zero-order chi connectivity index (χ0) is 10.8. The molecule has 0 atom stereocenters. The van der Waals surface area contributed by atoms with Crippen LogP contribution in [0.5, 0.6) is 0 Å². The second-order valence-electron chi connectivity index (χ2n) is 3.67. The Morgan fingerprint density at radius 1 is 1.60 bits per heavy atom. The molecule has 1 heterocycles. The van der Waals surface area contributed by atoms with Gasteiger partial charge in [-0.1, -0.05) is 0 Å². The Kier molecular flexibility index (Phi) is 2.58. The van der Waals surface area contributed by atoms with Crippen LogP contribution in [0.25, 0.3) is 0 Å². The third kappa shape index (κ3) is 2.09. The highest BCUT2D eigenvalue weighted by Crippen LogP contribution is 2.39. The fourth-order valence-corrected chi connectivity index (χ4v) is 1.45. The van der Waals surface area contributed by atoms with E-state index in [4.69, 9.17) is 10.5 Å². The van der Waals surface area contributed by atoms with Crippen molar-refractivity contribution in [3.63, 3.8) is 0 Å². The number of pyridine rings is 1. The average Bonchev–Trinajstić information content (AvgIpc) is 3.02. The van der Waals surface area contributed by atoms with Crippen LogP contribution in [-0.4, -0.2) is 17.6 Å². The molecule has 1 aromatic heterocycles. The van der Waals surface area contributed by atoms with E-state index in [0.29, 0.717) is 18.2 Å². The van der Waals surface area contributed by atoms with E-state index in [1.54, 1.807) is 13.0 Å². The fourth-order valence-electron chi connectivity index (χ4n) is 1.45. The fraction of sp³-hybridized carbons (Fsp3) is 0.455. The van der Waals surface area contributed by atoms with E-state index in [2.05, 4.69) is 4.98 Å². The smallest absolute Gasteiger partial charge is 0.359 e. The Labute approximate surface area is 88.4 Å². The molecule has 0 aliphatic heterocycles. The predicted octanol–water partition coefficient (Wildman–Crippen LogP) is 1.72. The van der Waals surface area contributed by atoms with Crippen molar-refractivity contribution >= 4 is 11.7 Å². The molecule has 0 saturated heterocycles. The molecule has 0 bridgehead atoms. The lowest BCUT2D eigenvalue weighted by Gasteiger charge is -2.06. The number of anilines is 1. The number of nitrogens with two attached hydrogens (primary N) is 1. The maximum Gasteiger partial charge on any atom is 0.359 e. The summed E-state index contributed by atoms with van der Waals surface area (Å²) in [6.07, 6.45) is 2.30. The summed E-state index contributed by atoms with van der Waals surface area (Å²) in [6.45, 7) is 2.10. The molecule has 4 heteroatoms. The molecule has 4 nitrogen and oxygen atoms in total. The van der Waals surface area contributed by atoms with Crippen LogP contribution in [0.4, 0.5) is 5.69 Å². The van der Waals surface area contributed by atoms with Gasteiger partial charge in [-0.3, -0.25) is 0 Å². The topological polar surface area (TPSA) is 65.2 Å². The first-order valence-electron chi connectivity index (χ1n) is 5.16. The minimum absolute atomic E-state index is 0.251. The molecule has 0 spiro atoms. The van der Waals surface area contributed by atoms with Crippen LogP contribution in [0.1, 0.15) is 41.9 Å². The van der Waals surface area contributed by atoms with Crippen LogP contribution in [0.15, 0.2) is 12.1 Å². The summed E-state index contributed by atoms with van der Waals surface area (Å²) in [7, 11) is 0. The standard InChI is InChI=1S/C11H14N2O2/c1-2-15-11(14)10-8(12)5-6-9(13-10)7-3-4-7/h5-7H,2-4,12H2,1H3. The van der Waals surface area contributed by atoms with E-state index >= 15 is 0 Å². The molecule has 1 aliphatic rings. The number of carbonyl (C=O) groups excluding carboxylic acids is 1. The van der Waals surface area contributed by atoms with Gasteiger partial charge in [-0.25, -0.2) is 9.78 Å². The number of hydrogen-bond donors (Lipinski definition) is 1. The first-order valence-corrected chi connectivity index (χ1v) is 5.16. The van der Waals surface area contributed by atoms with E-state index in [1.165, 1.54) is 0 Å². The second kappa shape index (κ2) is 3.88. The van der Waals surface area contributed by atoms with E-state index in [0.717, 1.165) is 18.5 Å². The molecule has 0 amide bonds. The van der Waals surface area contributed by atoms with Crippen LogP contribution >= 0.6 is 0 Å². The summed E-state index contributed by atoms with van der Waals surface area (Å²) in [5.41, 5.74) is 7.27. The maximum atomic E-state index is 11.5. The molecular weight excluding hydrogens is 192 g/mol. The second-order valence-corrected chi connectivity index (χ2v) is 3.67. The largest absolute Gasteiger partial charge is 0.461 e. The van der Waals surface area contributed by atoms with Crippen LogP contribution in [0.2, 0.25) is 0 Å². The van der Waals surface area contributed by atoms with Gasteiger partial charge in [0.1, 0.15) is 0 Å². The van der Waals surface area contributed by atoms with Crippen LogP contribution in [0, 0.1) is 0 Å². The van der Waals surface area contributed by atoms with Gasteiger partial charge >= 0.3 is 5.97 Å². The highest BCUT2D eigenvalue weighted by atomic mass is 16.5. The summed E-state index contributed by atoms with van der Waals surface area (Å²) in [5.74, 6) is 0.0799. The number of rotatable bonds is 3. The lowest BCUT2D eigenvalue weighted by Crippen LogP contribution is -2.11. The summed E-state index contributed by atoms with van der Waals surface area (Å²) >= 11 is 0. The van der Waals surface area contributed by atoms with Crippen molar-refractivity contribution in [3.05, 3.63) is 23.5 Å². The van der Waals surface area contributed by atoms with Gasteiger partial charge in [0.05, 0.1) is 12.3 Å². The summed E-state index contributed by atoms with van der Waals surface area (Å²) in [4.78, 5) is 15.7. The van der Waals surface area contributed by atoms with Gasteiger partial charge in [0.2, 0.25) is 0 Å². The van der Waals surface area contributed by atoms with Crippen molar-refractivity contribution in [1.82, 2.24) is 4.98 Å². The monoisotopic (exact) mass is 206 g/mol. The van der Waals surface area contributed by atoms with Gasteiger partial charge in [-0.15, -0.1) is 0 Å². The SMILES string of the molecule is CCOC(=O)c1nc(C2CC2)ccc1N. The number of nitrogen functional groups attached to an aromatic ring is 1. The van der Waals surface area contributed by atoms with E-state index in [-0.39, 0.29) is 5.69 Å². The van der Waals surface area contributed by atoms with Gasteiger partial charge in [0.15, 0.2) is 5.69 Å². The van der Waals surface area contributed by atoms with Crippen LogP contribution < -0.4 is 5.73 Å². The van der Waals surface area contributed by atoms with Crippen molar-refractivity contribution in [3.8, 4) is 0 Å². The highest BCUT2D eigenvalue weighted by molar-refractivity contribution is 5.92. The molecule has 1 aromatic rings. The van der Waals surface area contributed by atoms with Crippen molar-refractivity contribution in [2.75, 3.05) is 12.3 Å². The molecule has 1 fully saturated rings. The molecule has 2 N–H and O–H groups in total. The van der Waals surface area contributed by atoms with Gasteiger partial charge in [0.25, 0.3) is 0 Å². The first kappa shape index (κ1) is 9.96. The molecule has 1 aliphatic carbocycles. The molecule has 0 unspecified atom stereocenters. The Morgan fingerprint density at radius 3 is 2.93 bits per heavy atom. The Balaban J connectivity index is 2.27. The lowest BCUT2D eigenvalue weighted by atomic mass is 10.2. The number of nitrogens with zero attached hydrogens (tertiary/aromatic N) is 1. The van der Waals surface area contributed by atoms with Gasteiger partial charge in [-0.2, -0.15) is 0 Å². The zero-order valence-electron chi connectivity index (χ0n) is 8.69. The molecular formula is C11H14N2O2. The maximum absolute atomic E-state index is 11.5. The normalized spacial score (nSPS) is 15.0. The van der Waals surface area contributed by atoms with Gasteiger partial charge < -0.3 is 10.5 Å². The minimum atomic E-state index is -0.433.